The van der Waals surface area contributed by atoms with Crippen LogP contribution in [0.1, 0.15) is 25.0 Å². The van der Waals surface area contributed by atoms with Crippen LogP contribution in [-0.4, -0.2) is 42.0 Å². The van der Waals surface area contributed by atoms with E-state index < -0.39 is 0 Å². The topological polar surface area (TPSA) is 58.4 Å². The van der Waals surface area contributed by atoms with Crippen molar-refractivity contribution in [1.29, 1.82) is 0 Å². The van der Waals surface area contributed by atoms with Gasteiger partial charge in [-0.1, -0.05) is 36.5 Å². The predicted molar refractivity (Wildman–Crippen MR) is 86.8 cm³/mol. The molecule has 110 valence electrons. The van der Waals surface area contributed by atoms with Crippen LogP contribution < -0.4 is 11.1 Å². The van der Waals surface area contributed by atoms with Crippen LogP contribution in [0.15, 0.2) is 24.3 Å². The summed E-state index contributed by atoms with van der Waals surface area (Å²) in [5, 5.41) is 2.96. The van der Waals surface area contributed by atoms with Gasteiger partial charge in [0.1, 0.15) is 4.99 Å². The highest BCUT2D eigenvalue weighted by Crippen LogP contribution is 2.09. The van der Waals surface area contributed by atoms with E-state index in [9.17, 15) is 4.79 Å². The second-order valence-electron chi connectivity index (χ2n) is 5.72. The van der Waals surface area contributed by atoms with Crippen molar-refractivity contribution in [2.45, 2.75) is 25.8 Å². The number of carbonyl (C=O) groups is 1. The zero-order valence-electron chi connectivity index (χ0n) is 12.6. The molecular weight excluding hydrogens is 270 g/mol. The van der Waals surface area contributed by atoms with Crippen LogP contribution in [-0.2, 0) is 11.2 Å². The van der Waals surface area contributed by atoms with Crippen molar-refractivity contribution in [1.82, 2.24) is 10.2 Å². The Hall–Kier alpha value is -1.46. The van der Waals surface area contributed by atoms with Gasteiger partial charge in [-0.2, -0.15) is 0 Å². The predicted octanol–water partition coefficient (Wildman–Crippen LogP) is 1.32. The molecule has 1 aromatic rings. The SMILES string of the molecule is CN(C)C(C)(C)CNC(=O)Cc1ccc(C(N)=S)cc1. The van der Waals surface area contributed by atoms with Crippen LogP contribution in [0.3, 0.4) is 0 Å². The van der Waals surface area contributed by atoms with Gasteiger partial charge in [-0.05, 0) is 33.5 Å². The molecule has 0 bridgehead atoms. The van der Waals surface area contributed by atoms with E-state index in [4.69, 9.17) is 18.0 Å². The summed E-state index contributed by atoms with van der Waals surface area (Å²) in [5.74, 6) is 0.0167. The normalized spacial score (nSPS) is 11.4. The van der Waals surface area contributed by atoms with Gasteiger partial charge in [0.15, 0.2) is 0 Å². The molecule has 20 heavy (non-hydrogen) atoms. The van der Waals surface area contributed by atoms with Gasteiger partial charge in [-0.3, -0.25) is 4.79 Å². The van der Waals surface area contributed by atoms with Crippen LogP contribution in [0, 0.1) is 0 Å². The first-order chi connectivity index (χ1) is 9.22. The zero-order chi connectivity index (χ0) is 15.3. The van der Waals surface area contributed by atoms with E-state index in [-0.39, 0.29) is 11.4 Å². The van der Waals surface area contributed by atoms with Crippen LogP contribution in [0.25, 0.3) is 0 Å². The number of hydrogen-bond acceptors (Lipinski definition) is 3. The highest BCUT2D eigenvalue weighted by molar-refractivity contribution is 7.80. The fourth-order valence-corrected chi connectivity index (χ4v) is 1.64. The summed E-state index contributed by atoms with van der Waals surface area (Å²) < 4.78 is 0. The number of rotatable bonds is 6. The summed E-state index contributed by atoms with van der Waals surface area (Å²) in [6.45, 7) is 4.79. The average Bonchev–Trinajstić information content (AvgIpc) is 2.37. The monoisotopic (exact) mass is 293 g/mol. The number of nitrogens with two attached hydrogens (primary N) is 1. The summed E-state index contributed by atoms with van der Waals surface area (Å²) in [7, 11) is 4.00. The molecule has 0 saturated carbocycles. The number of carbonyl (C=O) groups excluding carboxylic acids is 1. The van der Waals surface area contributed by atoms with Gasteiger partial charge in [0.05, 0.1) is 6.42 Å². The smallest absolute Gasteiger partial charge is 0.224 e. The van der Waals surface area contributed by atoms with Gasteiger partial charge >= 0.3 is 0 Å². The van der Waals surface area contributed by atoms with E-state index in [1.54, 1.807) is 0 Å². The lowest BCUT2D eigenvalue weighted by Gasteiger charge is -2.32. The molecule has 0 aliphatic rings. The molecule has 0 aromatic heterocycles. The standard InChI is InChI=1S/C15H23N3OS/c1-15(2,18(3)4)10-17-13(19)9-11-5-7-12(8-6-11)14(16)20/h5-8H,9-10H2,1-4H3,(H2,16,20)(H,17,19). The van der Waals surface area contributed by atoms with E-state index in [0.29, 0.717) is 18.0 Å². The molecule has 0 aliphatic carbocycles. The van der Waals surface area contributed by atoms with Gasteiger partial charge < -0.3 is 16.0 Å². The lowest BCUT2D eigenvalue weighted by Crippen LogP contribution is -2.48. The summed E-state index contributed by atoms with van der Waals surface area (Å²) in [6, 6.07) is 7.44. The van der Waals surface area contributed by atoms with E-state index >= 15 is 0 Å². The number of likely N-dealkylation sites (N-methyl/N-ethyl adjacent to an activating group) is 1. The minimum atomic E-state index is -0.0642. The van der Waals surface area contributed by atoms with Crippen molar-refractivity contribution >= 4 is 23.1 Å². The average molecular weight is 293 g/mol. The third kappa shape index (κ3) is 4.90. The molecule has 3 N–H and O–H groups in total. The van der Waals surface area contributed by atoms with Crippen molar-refractivity contribution in [3.8, 4) is 0 Å². The number of nitrogens with one attached hydrogen (secondary N) is 1. The molecule has 0 atom stereocenters. The van der Waals surface area contributed by atoms with Crippen molar-refractivity contribution in [2.75, 3.05) is 20.6 Å². The zero-order valence-corrected chi connectivity index (χ0v) is 13.4. The Bertz CT molecular complexity index is 480. The Kier molecular flexibility index (Phi) is 5.65. The van der Waals surface area contributed by atoms with E-state index in [1.165, 1.54) is 0 Å². The number of nitrogens with zero attached hydrogens (tertiary/aromatic N) is 1. The molecule has 0 saturated heterocycles. The van der Waals surface area contributed by atoms with Gasteiger partial charge in [-0.15, -0.1) is 0 Å². The molecular formula is C15H23N3OS. The van der Waals surface area contributed by atoms with Crippen molar-refractivity contribution < 1.29 is 4.79 Å². The van der Waals surface area contributed by atoms with Gasteiger partial charge in [0.2, 0.25) is 5.91 Å². The Morgan fingerprint density at radius 2 is 1.85 bits per heavy atom. The molecule has 1 rings (SSSR count). The van der Waals surface area contributed by atoms with Crippen molar-refractivity contribution in [3.63, 3.8) is 0 Å². The first-order valence-electron chi connectivity index (χ1n) is 6.55. The highest BCUT2D eigenvalue weighted by Gasteiger charge is 2.20. The minimum absolute atomic E-state index is 0.0167. The second-order valence-corrected chi connectivity index (χ2v) is 6.16. The Labute approximate surface area is 126 Å². The lowest BCUT2D eigenvalue weighted by atomic mass is 10.0. The van der Waals surface area contributed by atoms with Crippen molar-refractivity contribution in [2.24, 2.45) is 5.73 Å². The molecule has 0 heterocycles. The molecule has 4 nitrogen and oxygen atoms in total. The molecule has 5 heteroatoms. The molecule has 0 spiro atoms. The number of hydrogen-bond donors (Lipinski definition) is 2. The Morgan fingerprint density at radius 3 is 2.30 bits per heavy atom. The van der Waals surface area contributed by atoms with Crippen LogP contribution in [0.4, 0.5) is 0 Å². The number of benzene rings is 1. The fourth-order valence-electron chi connectivity index (χ4n) is 1.51. The first kappa shape index (κ1) is 16.6. The fraction of sp³-hybridized carbons (Fsp3) is 0.467. The molecule has 1 aromatic carbocycles. The number of thiocarbonyl (C=S) groups is 1. The maximum absolute atomic E-state index is 11.9. The quantitative estimate of drug-likeness (QED) is 0.777. The molecule has 0 aliphatic heterocycles. The third-order valence-electron chi connectivity index (χ3n) is 3.53. The van der Waals surface area contributed by atoms with E-state index in [2.05, 4.69) is 24.1 Å². The molecule has 0 unspecified atom stereocenters. The van der Waals surface area contributed by atoms with Gasteiger partial charge in [-0.25, -0.2) is 0 Å². The second kappa shape index (κ2) is 6.81. The van der Waals surface area contributed by atoms with Gasteiger partial charge in [0, 0.05) is 17.6 Å². The molecule has 1 amide bonds. The maximum Gasteiger partial charge on any atom is 0.224 e. The Morgan fingerprint density at radius 1 is 1.30 bits per heavy atom. The van der Waals surface area contributed by atoms with Crippen molar-refractivity contribution in [3.05, 3.63) is 35.4 Å². The minimum Gasteiger partial charge on any atom is -0.389 e. The van der Waals surface area contributed by atoms with E-state index in [1.807, 2.05) is 38.4 Å². The highest BCUT2D eigenvalue weighted by atomic mass is 32.1. The molecule has 0 fully saturated rings. The van der Waals surface area contributed by atoms with Gasteiger partial charge in [0.25, 0.3) is 0 Å². The van der Waals surface area contributed by atoms with Crippen LogP contribution in [0.5, 0.6) is 0 Å². The largest absolute Gasteiger partial charge is 0.389 e. The summed E-state index contributed by atoms with van der Waals surface area (Å²) in [4.78, 5) is 14.4. The summed E-state index contributed by atoms with van der Waals surface area (Å²) >= 11 is 4.89. The molecule has 0 radical (unpaired) electrons. The summed E-state index contributed by atoms with van der Waals surface area (Å²) in [6.07, 6.45) is 0.362. The van der Waals surface area contributed by atoms with Crippen LogP contribution >= 0.6 is 12.2 Å². The number of amides is 1. The lowest BCUT2D eigenvalue weighted by molar-refractivity contribution is -0.120. The van der Waals surface area contributed by atoms with Crippen LogP contribution in [0.2, 0.25) is 0 Å². The summed E-state index contributed by atoms with van der Waals surface area (Å²) in [5.41, 5.74) is 7.24. The Balaban J connectivity index is 2.52. The third-order valence-corrected chi connectivity index (χ3v) is 3.77. The first-order valence-corrected chi connectivity index (χ1v) is 6.96. The van der Waals surface area contributed by atoms with E-state index in [0.717, 1.165) is 11.1 Å². The maximum atomic E-state index is 11.9.